The Bertz CT molecular complexity index is 841. The first-order valence-electron chi connectivity index (χ1n) is 6.10. The molecule has 2 aromatic heterocycles. The maximum absolute atomic E-state index is 11.9. The van der Waals surface area contributed by atoms with Crippen molar-refractivity contribution in [3.8, 4) is 0 Å². The molecule has 0 aliphatic carbocycles. The van der Waals surface area contributed by atoms with Crippen molar-refractivity contribution in [2.24, 2.45) is 12.1 Å². The van der Waals surface area contributed by atoms with Crippen molar-refractivity contribution >= 4 is 27.5 Å². The third kappa shape index (κ3) is 2.25. The first-order valence-corrected chi connectivity index (χ1v) is 6.92. The number of aryl methyl sites for hydroxylation is 2. The van der Waals surface area contributed by atoms with Gasteiger partial charge in [0.05, 0.1) is 10.2 Å². The van der Waals surface area contributed by atoms with Gasteiger partial charge in [-0.25, -0.2) is 5.43 Å². The Morgan fingerprint density at radius 2 is 2.10 bits per heavy atom. The standard InChI is InChI=1S/C14H13N3O2S/c1-9-7-8-11(19-9)13(18)15-16-14-17(2)10-5-3-4-6-12(10)20-14/h3-8H,1-2H3,(H,15,18)/b16-14-. The zero-order chi connectivity index (χ0) is 14.1. The Morgan fingerprint density at radius 3 is 2.80 bits per heavy atom. The Hall–Kier alpha value is -2.34. The molecular formula is C14H13N3O2S. The van der Waals surface area contributed by atoms with Crippen LogP contribution in [0.1, 0.15) is 16.3 Å². The Kier molecular flexibility index (Phi) is 3.15. The number of thiazole rings is 1. The van der Waals surface area contributed by atoms with Gasteiger partial charge in [-0.3, -0.25) is 4.79 Å². The van der Waals surface area contributed by atoms with Crippen LogP contribution < -0.4 is 10.2 Å². The summed E-state index contributed by atoms with van der Waals surface area (Å²) in [6.07, 6.45) is 0. The van der Waals surface area contributed by atoms with Gasteiger partial charge in [0.15, 0.2) is 5.76 Å². The first-order chi connectivity index (χ1) is 9.65. The van der Waals surface area contributed by atoms with Crippen molar-refractivity contribution in [2.75, 3.05) is 0 Å². The van der Waals surface area contributed by atoms with Crippen molar-refractivity contribution in [3.05, 3.63) is 52.7 Å². The number of nitrogens with one attached hydrogen (secondary N) is 1. The molecule has 20 heavy (non-hydrogen) atoms. The lowest BCUT2D eigenvalue weighted by atomic mass is 10.3. The van der Waals surface area contributed by atoms with Crippen LogP contribution in [0, 0.1) is 6.92 Å². The molecule has 2 heterocycles. The number of aromatic nitrogens is 1. The average molecular weight is 287 g/mol. The van der Waals surface area contributed by atoms with E-state index in [0.29, 0.717) is 5.76 Å². The molecule has 0 unspecified atom stereocenters. The lowest BCUT2D eigenvalue weighted by Crippen LogP contribution is -2.22. The zero-order valence-corrected chi connectivity index (χ0v) is 11.9. The molecule has 0 fully saturated rings. The second-order valence-corrected chi connectivity index (χ2v) is 5.38. The van der Waals surface area contributed by atoms with Crippen LogP contribution in [0.15, 0.2) is 45.9 Å². The number of hydrogen-bond donors (Lipinski definition) is 1. The Labute approximate surface area is 119 Å². The predicted octanol–water partition coefficient (Wildman–Crippen LogP) is 2.39. The average Bonchev–Trinajstić information content (AvgIpc) is 3.01. The molecule has 0 bridgehead atoms. The van der Waals surface area contributed by atoms with Crippen LogP contribution in [0.5, 0.6) is 0 Å². The van der Waals surface area contributed by atoms with E-state index in [0.717, 1.165) is 15.0 Å². The topological polar surface area (TPSA) is 59.5 Å². The number of amides is 1. The van der Waals surface area contributed by atoms with Gasteiger partial charge in [0, 0.05) is 7.05 Å². The van der Waals surface area contributed by atoms with E-state index in [1.165, 1.54) is 11.3 Å². The molecule has 5 nitrogen and oxygen atoms in total. The largest absolute Gasteiger partial charge is 0.456 e. The molecule has 1 amide bonds. The van der Waals surface area contributed by atoms with E-state index in [4.69, 9.17) is 4.42 Å². The summed E-state index contributed by atoms with van der Waals surface area (Å²) in [5.41, 5.74) is 3.59. The third-order valence-corrected chi connectivity index (χ3v) is 4.04. The smallest absolute Gasteiger partial charge is 0.307 e. The van der Waals surface area contributed by atoms with E-state index in [1.54, 1.807) is 19.1 Å². The van der Waals surface area contributed by atoms with Gasteiger partial charge < -0.3 is 8.98 Å². The van der Waals surface area contributed by atoms with E-state index >= 15 is 0 Å². The van der Waals surface area contributed by atoms with Crippen LogP contribution >= 0.6 is 11.3 Å². The molecule has 3 rings (SSSR count). The lowest BCUT2D eigenvalue weighted by molar-refractivity contribution is 0.0924. The number of para-hydroxylation sites is 1. The van der Waals surface area contributed by atoms with Gasteiger partial charge in [0.1, 0.15) is 5.76 Å². The minimum atomic E-state index is -0.351. The van der Waals surface area contributed by atoms with Crippen molar-refractivity contribution < 1.29 is 9.21 Å². The number of benzene rings is 1. The van der Waals surface area contributed by atoms with E-state index in [2.05, 4.69) is 10.5 Å². The monoisotopic (exact) mass is 287 g/mol. The molecule has 1 aromatic carbocycles. The normalized spacial score (nSPS) is 12.0. The van der Waals surface area contributed by atoms with Gasteiger partial charge in [0.25, 0.3) is 0 Å². The quantitative estimate of drug-likeness (QED) is 0.736. The van der Waals surface area contributed by atoms with Gasteiger partial charge >= 0.3 is 5.91 Å². The molecule has 6 heteroatoms. The number of carbonyl (C=O) groups is 1. The summed E-state index contributed by atoms with van der Waals surface area (Å²) in [6, 6.07) is 11.4. The van der Waals surface area contributed by atoms with Crippen molar-refractivity contribution in [1.29, 1.82) is 0 Å². The van der Waals surface area contributed by atoms with Gasteiger partial charge in [0.2, 0.25) is 4.80 Å². The number of nitrogens with zero attached hydrogens (tertiary/aromatic N) is 2. The van der Waals surface area contributed by atoms with Gasteiger partial charge in [-0.1, -0.05) is 23.5 Å². The second kappa shape index (κ2) is 4.97. The molecule has 0 aliphatic heterocycles. The van der Waals surface area contributed by atoms with E-state index in [-0.39, 0.29) is 11.7 Å². The van der Waals surface area contributed by atoms with Gasteiger partial charge in [-0.2, -0.15) is 0 Å². The van der Waals surface area contributed by atoms with Crippen LogP contribution in [0.3, 0.4) is 0 Å². The SMILES string of the molecule is Cc1ccc(C(=O)N/N=c2\sc3ccccc3n2C)o1. The van der Waals surface area contributed by atoms with Crippen LogP contribution in [0.25, 0.3) is 10.2 Å². The summed E-state index contributed by atoms with van der Waals surface area (Å²) < 4.78 is 8.31. The maximum Gasteiger partial charge on any atom is 0.307 e. The van der Waals surface area contributed by atoms with E-state index in [9.17, 15) is 4.79 Å². The van der Waals surface area contributed by atoms with Gasteiger partial charge in [-0.05, 0) is 31.2 Å². The Balaban J connectivity index is 1.91. The number of furan rings is 1. The molecule has 102 valence electrons. The summed E-state index contributed by atoms with van der Waals surface area (Å²) in [5, 5.41) is 4.15. The number of hydrogen-bond acceptors (Lipinski definition) is 4. The van der Waals surface area contributed by atoms with E-state index < -0.39 is 0 Å². The minimum absolute atomic E-state index is 0.259. The minimum Gasteiger partial charge on any atom is -0.456 e. The fraction of sp³-hybridized carbons (Fsp3) is 0.143. The molecule has 0 aliphatic rings. The summed E-state index contributed by atoms with van der Waals surface area (Å²) in [7, 11) is 1.92. The zero-order valence-electron chi connectivity index (χ0n) is 11.1. The van der Waals surface area contributed by atoms with Crippen molar-refractivity contribution in [1.82, 2.24) is 9.99 Å². The molecule has 0 saturated heterocycles. The fourth-order valence-electron chi connectivity index (χ4n) is 1.90. The molecule has 3 aromatic rings. The summed E-state index contributed by atoms with van der Waals surface area (Å²) in [6.45, 7) is 1.79. The van der Waals surface area contributed by atoms with Gasteiger partial charge in [-0.15, -0.1) is 5.10 Å². The molecule has 0 atom stereocenters. The van der Waals surface area contributed by atoms with Crippen LogP contribution in [0.2, 0.25) is 0 Å². The molecule has 0 spiro atoms. The first kappa shape index (κ1) is 12.7. The fourth-order valence-corrected chi connectivity index (χ4v) is 2.88. The van der Waals surface area contributed by atoms with Crippen molar-refractivity contribution in [3.63, 3.8) is 0 Å². The Morgan fingerprint density at radius 1 is 1.30 bits per heavy atom. The second-order valence-electron chi connectivity index (χ2n) is 4.37. The third-order valence-electron chi connectivity index (χ3n) is 2.93. The van der Waals surface area contributed by atoms with E-state index in [1.807, 2.05) is 35.9 Å². The number of carbonyl (C=O) groups excluding carboxylic acids is 1. The highest BCUT2D eigenvalue weighted by molar-refractivity contribution is 7.16. The highest BCUT2D eigenvalue weighted by Crippen LogP contribution is 2.14. The summed E-state index contributed by atoms with van der Waals surface area (Å²) in [4.78, 5) is 12.6. The number of rotatable bonds is 2. The molecule has 0 radical (unpaired) electrons. The highest BCUT2D eigenvalue weighted by Gasteiger charge is 2.09. The summed E-state index contributed by atoms with van der Waals surface area (Å²) in [5.74, 6) is 0.605. The highest BCUT2D eigenvalue weighted by atomic mass is 32.1. The van der Waals surface area contributed by atoms with Crippen LogP contribution in [-0.4, -0.2) is 10.5 Å². The maximum atomic E-state index is 11.9. The molecule has 0 saturated carbocycles. The molecular weight excluding hydrogens is 274 g/mol. The molecule has 1 N–H and O–H groups in total. The summed E-state index contributed by atoms with van der Waals surface area (Å²) >= 11 is 1.52. The predicted molar refractivity (Wildman–Crippen MR) is 77.3 cm³/mol. The van der Waals surface area contributed by atoms with Crippen LogP contribution in [0.4, 0.5) is 0 Å². The van der Waals surface area contributed by atoms with Crippen molar-refractivity contribution in [2.45, 2.75) is 6.92 Å². The number of fused-ring (bicyclic) bond motifs is 1. The lowest BCUT2D eigenvalue weighted by Gasteiger charge is -1.96. The van der Waals surface area contributed by atoms with Crippen LogP contribution in [-0.2, 0) is 7.05 Å².